The highest BCUT2D eigenvalue weighted by Crippen LogP contribution is 2.06. The molecule has 0 aliphatic heterocycles. The van der Waals surface area contributed by atoms with Gasteiger partial charge in [0.2, 0.25) is 0 Å². The van der Waals surface area contributed by atoms with Crippen LogP contribution in [0.2, 0.25) is 0 Å². The molecule has 0 bridgehead atoms. The van der Waals surface area contributed by atoms with E-state index in [4.69, 9.17) is 5.11 Å². The predicted molar refractivity (Wildman–Crippen MR) is 73.4 cm³/mol. The van der Waals surface area contributed by atoms with Gasteiger partial charge in [0.25, 0.3) is 0 Å². The lowest BCUT2D eigenvalue weighted by molar-refractivity contribution is -0.909. The Kier molecular flexibility index (Phi) is 12.3. The van der Waals surface area contributed by atoms with Crippen LogP contribution in [0.25, 0.3) is 0 Å². The smallest absolute Gasteiger partial charge is 0.328 e. The van der Waals surface area contributed by atoms with Crippen LogP contribution in [0.15, 0.2) is 12.2 Å². The van der Waals surface area contributed by atoms with Gasteiger partial charge in [0.15, 0.2) is 0 Å². The standard InChI is InChI=1S/C10H24N.C4H4O4/c1-5-8-11(4,9-6-2)10-7-3;5-3(6)1-2-4(7)8/h5-10H2,1-4H3;1-2H,(H,5,6)(H,7,8)/q+1;/p-1/b;2-1+. The van der Waals surface area contributed by atoms with Gasteiger partial charge in [0, 0.05) is 6.08 Å². The van der Waals surface area contributed by atoms with Gasteiger partial charge in [-0.2, -0.15) is 0 Å². The number of quaternary nitrogens is 1. The summed E-state index contributed by atoms with van der Waals surface area (Å²) in [4.78, 5) is 19.0. The summed E-state index contributed by atoms with van der Waals surface area (Å²) >= 11 is 0. The maximum atomic E-state index is 9.53. The molecule has 0 aromatic heterocycles. The van der Waals surface area contributed by atoms with Crippen LogP contribution in [0, 0.1) is 0 Å². The van der Waals surface area contributed by atoms with E-state index in [-0.39, 0.29) is 0 Å². The highest BCUT2D eigenvalue weighted by Gasteiger charge is 2.16. The molecular weight excluding hydrogens is 246 g/mol. The van der Waals surface area contributed by atoms with Gasteiger partial charge in [0.05, 0.1) is 32.7 Å². The van der Waals surface area contributed by atoms with Gasteiger partial charge in [0.1, 0.15) is 0 Å². The summed E-state index contributed by atoms with van der Waals surface area (Å²) in [6, 6.07) is 0. The van der Waals surface area contributed by atoms with Crippen LogP contribution in [0.3, 0.4) is 0 Å². The van der Waals surface area contributed by atoms with Crippen LogP contribution in [-0.2, 0) is 9.59 Å². The molecule has 0 saturated heterocycles. The number of hydrogen-bond donors (Lipinski definition) is 1. The van der Waals surface area contributed by atoms with E-state index in [2.05, 4.69) is 27.8 Å². The number of carbonyl (C=O) groups excluding carboxylic acids is 1. The molecule has 0 aliphatic carbocycles. The second-order valence-electron chi connectivity index (χ2n) is 4.78. The van der Waals surface area contributed by atoms with Crippen LogP contribution in [0.4, 0.5) is 0 Å². The molecule has 19 heavy (non-hydrogen) atoms. The number of carbonyl (C=O) groups is 2. The molecule has 0 amide bonds. The van der Waals surface area contributed by atoms with Gasteiger partial charge >= 0.3 is 5.97 Å². The van der Waals surface area contributed by atoms with E-state index in [9.17, 15) is 14.7 Å². The summed E-state index contributed by atoms with van der Waals surface area (Å²) in [6.07, 6.45) is 4.89. The largest absolute Gasteiger partial charge is 0.545 e. The molecule has 0 aromatic rings. The van der Waals surface area contributed by atoms with Crippen molar-refractivity contribution < 1.29 is 24.3 Å². The Morgan fingerprint density at radius 1 is 1.00 bits per heavy atom. The van der Waals surface area contributed by atoms with E-state index in [1.807, 2.05) is 0 Å². The Labute approximate surface area is 116 Å². The second-order valence-corrected chi connectivity index (χ2v) is 4.78. The third-order valence-electron chi connectivity index (χ3n) is 2.65. The first-order valence-electron chi connectivity index (χ1n) is 6.76. The molecule has 0 rings (SSSR count). The molecule has 5 nitrogen and oxygen atoms in total. The van der Waals surface area contributed by atoms with Crippen LogP contribution in [-0.4, -0.2) is 48.2 Å². The Morgan fingerprint density at radius 3 is 1.53 bits per heavy atom. The zero-order valence-corrected chi connectivity index (χ0v) is 12.5. The average molecular weight is 273 g/mol. The first-order valence-corrected chi connectivity index (χ1v) is 6.76. The molecule has 0 unspecified atom stereocenters. The lowest BCUT2D eigenvalue weighted by Gasteiger charge is -2.33. The third-order valence-corrected chi connectivity index (χ3v) is 2.65. The normalized spacial score (nSPS) is 10.9. The maximum absolute atomic E-state index is 9.53. The summed E-state index contributed by atoms with van der Waals surface area (Å²) in [5, 5.41) is 17.2. The molecule has 0 aliphatic rings. The Morgan fingerprint density at radius 2 is 1.37 bits per heavy atom. The average Bonchev–Trinajstić information content (AvgIpc) is 2.28. The first kappa shape index (κ1) is 20.0. The van der Waals surface area contributed by atoms with Crippen molar-refractivity contribution >= 4 is 11.9 Å². The number of aliphatic carboxylic acids is 2. The van der Waals surface area contributed by atoms with Gasteiger partial charge < -0.3 is 19.5 Å². The first-order chi connectivity index (χ1) is 8.81. The number of carboxylic acid groups (broad SMARTS) is 2. The van der Waals surface area contributed by atoms with Crippen molar-refractivity contribution in [2.45, 2.75) is 40.0 Å². The zero-order chi connectivity index (χ0) is 15.3. The summed E-state index contributed by atoms with van der Waals surface area (Å²) in [5.41, 5.74) is 0. The highest BCUT2D eigenvalue weighted by molar-refractivity contribution is 5.88. The molecule has 0 atom stereocenters. The molecule has 0 radical (unpaired) electrons. The lowest BCUT2D eigenvalue weighted by atomic mass is 10.2. The molecule has 1 N–H and O–H groups in total. The van der Waals surface area contributed by atoms with Crippen LogP contribution < -0.4 is 5.11 Å². The van der Waals surface area contributed by atoms with Gasteiger partial charge in [-0.3, -0.25) is 0 Å². The minimum atomic E-state index is -1.51. The molecule has 0 saturated carbocycles. The number of hydrogen-bond acceptors (Lipinski definition) is 3. The van der Waals surface area contributed by atoms with Crippen LogP contribution in [0.1, 0.15) is 40.0 Å². The number of carboxylic acids is 2. The Bertz CT molecular complexity index is 254. The molecule has 0 spiro atoms. The van der Waals surface area contributed by atoms with Crippen molar-refractivity contribution in [3.8, 4) is 0 Å². The van der Waals surface area contributed by atoms with Crippen molar-refractivity contribution in [3.63, 3.8) is 0 Å². The molecule has 0 fully saturated rings. The number of rotatable bonds is 8. The SMILES string of the molecule is CCC[N+](C)(CCC)CCC.O=C([O-])/C=C/C(=O)O. The summed E-state index contributed by atoms with van der Waals surface area (Å²) in [5.74, 6) is -2.80. The predicted octanol–water partition coefficient (Wildman–Crippen LogP) is 1.04. The Balaban J connectivity index is 0. The molecular formula is C14H27NO4. The third kappa shape index (κ3) is 14.6. The molecule has 0 heterocycles. The van der Waals surface area contributed by atoms with E-state index in [1.165, 1.54) is 43.4 Å². The van der Waals surface area contributed by atoms with E-state index in [0.29, 0.717) is 12.2 Å². The summed E-state index contributed by atoms with van der Waals surface area (Å²) < 4.78 is 1.28. The molecule has 112 valence electrons. The van der Waals surface area contributed by atoms with Gasteiger partial charge in [-0.05, 0) is 25.3 Å². The fraction of sp³-hybridized carbons (Fsp3) is 0.714. The van der Waals surface area contributed by atoms with Gasteiger partial charge in [-0.1, -0.05) is 20.8 Å². The fourth-order valence-electron chi connectivity index (χ4n) is 2.09. The monoisotopic (exact) mass is 273 g/mol. The molecule has 0 aromatic carbocycles. The van der Waals surface area contributed by atoms with E-state index in [0.717, 1.165) is 0 Å². The van der Waals surface area contributed by atoms with Gasteiger partial charge in [-0.15, -0.1) is 0 Å². The maximum Gasteiger partial charge on any atom is 0.328 e. The summed E-state index contributed by atoms with van der Waals surface area (Å²) in [6.45, 7) is 10.9. The molecule has 5 heteroatoms. The van der Waals surface area contributed by atoms with Crippen molar-refractivity contribution in [2.75, 3.05) is 26.7 Å². The second kappa shape index (κ2) is 11.7. The minimum absolute atomic E-state index is 0.447. The fourth-order valence-corrected chi connectivity index (χ4v) is 2.09. The lowest BCUT2D eigenvalue weighted by Crippen LogP contribution is -2.45. The van der Waals surface area contributed by atoms with Crippen molar-refractivity contribution in [1.82, 2.24) is 0 Å². The van der Waals surface area contributed by atoms with E-state index < -0.39 is 11.9 Å². The highest BCUT2D eigenvalue weighted by atomic mass is 16.4. The quantitative estimate of drug-likeness (QED) is 0.529. The number of nitrogens with zero attached hydrogens (tertiary/aromatic N) is 1. The Hall–Kier alpha value is -1.36. The topological polar surface area (TPSA) is 77.4 Å². The van der Waals surface area contributed by atoms with Crippen molar-refractivity contribution in [3.05, 3.63) is 12.2 Å². The van der Waals surface area contributed by atoms with Gasteiger partial charge in [-0.25, -0.2) is 4.79 Å². The van der Waals surface area contributed by atoms with E-state index in [1.54, 1.807) is 0 Å². The van der Waals surface area contributed by atoms with Crippen LogP contribution in [0.5, 0.6) is 0 Å². The summed E-state index contributed by atoms with van der Waals surface area (Å²) in [7, 11) is 2.39. The van der Waals surface area contributed by atoms with Crippen molar-refractivity contribution in [1.29, 1.82) is 0 Å². The minimum Gasteiger partial charge on any atom is -0.545 e. The van der Waals surface area contributed by atoms with E-state index >= 15 is 0 Å². The van der Waals surface area contributed by atoms with Crippen molar-refractivity contribution in [2.24, 2.45) is 0 Å². The zero-order valence-electron chi connectivity index (χ0n) is 12.5. The van der Waals surface area contributed by atoms with Crippen LogP contribution >= 0.6 is 0 Å².